The number of fused-ring (bicyclic) bond motifs is 4. The number of aromatic hydroxyl groups is 1. The number of imidazole rings is 1. The van der Waals surface area contributed by atoms with E-state index in [-0.39, 0.29) is 114 Å². The molecule has 3 fully saturated rings. The molecule has 21 N–H and O–H groups in total. The van der Waals surface area contributed by atoms with Gasteiger partial charge in [0, 0.05) is 132 Å². The molecule has 45 nitrogen and oxygen atoms in total. The van der Waals surface area contributed by atoms with Crippen LogP contribution in [0.5, 0.6) is 5.75 Å². The number of hydrogen-bond donors (Lipinski definition) is 20. The highest BCUT2D eigenvalue weighted by Crippen LogP contribution is 2.28. The number of rotatable bonds is 28. The van der Waals surface area contributed by atoms with Crippen molar-refractivity contribution in [3.8, 4) is 5.75 Å². The number of phenolic OH excluding ortho intramolecular Hbond substituents is 1. The van der Waals surface area contributed by atoms with Crippen LogP contribution in [0.25, 0.3) is 21.8 Å². The van der Waals surface area contributed by atoms with Crippen molar-refractivity contribution in [3.63, 3.8) is 0 Å². The van der Waals surface area contributed by atoms with E-state index in [1.165, 1.54) is 64.7 Å². The number of carboxylic acid groups (broad SMARTS) is 2. The summed E-state index contributed by atoms with van der Waals surface area (Å²) in [5, 5.41) is 82.9. The van der Waals surface area contributed by atoms with E-state index in [0.717, 1.165) is 31.5 Å². The van der Waals surface area contributed by atoms with E-state index in [4.69, 9.17) is 5.73 Å². The number of aromatic amines is 3. The fourth-order valence-corrected chi connectivity index (χ4v) is 17.7. The average molecular weight is 1940 g/mol. The molecule has 3 aromatic heterocycles. The number of benzene rings is 3. The fraction of sp³-hybridized carbons (Fsp3) is 0.522. The normalized spacial score (nSPS) is 24.4. The Balaban J connectivity index is 1.11. The molecular weight excluding hydrogens is 1820 g/mol. The lowest BCUT2D eigenvalue weighted by molar-refractivity contribution is -0.149. The molecule has 3 aliphatic rings. The van der Waals surface area contributed by atoms with Crippen LogP contribution >= 0.6 is 11.8 Å². The molecule has 6 aromatic rings. The number of aliphatic hydroxyl groups is 2. The number of H-pyrrole nitrogens is 3. The van der Waals surface area contributed by atoms with Gasteiger partial charge in [0.2, 0.25) is 100 Å². The lowest BCUT2D eigenvalue weighted by Crippen LogP contribution is -2.61. The first-order valence-electron chi connectivity index (χ1n) is 45.9. The third kappa shape index (κ3) is 30.2. The van der Waals surface area contributed by atoms with Gasteiger partial charge in [-0.25, -0.2) is 4.98 Å². The standard InChI is InChI=1S/C92H125N21O24S/c1-8-10-24-71-85(130)101-62(31-32-77(120)121)81(126)108-70(80(125)98-44-75(93)118)47-138-48-76(119)100-66(35-52-27-29-56(116)30-28-52)88(133)109(5)50(3)79(124)105-68(40-78(122)123)91(136)112-34-18-26-72(112)86(131)104-65(38-55-43-94-49-99-55)83(128)102-63(23-16-17-33-95-51(4)115)90(135)113-45-57(117)39-74(113)87(132)103-64(36-53-41-96-60-21-14-12-19-58(53)60)82(127)107-69(46-114)84(129)106-67(37-54-42-97-61-22-15-13-20-59(54)61)89(134)111(7)73(25-11-9-2)92(137)110(71)6/h12-15,19-22,27-30,41-43,49-50,57,62-74,96-97,114,116-117H,8-11,16-18,23-26,31-40,44-48H2,1-7H3,(H2,93,118)(H,94,99)(H,95,115)(H,98,125)(H,100,119)(H,101,130)(H,102,128)(H,103,132)(H,104,131)(H,105,124)(H,106,129)(H,107,127)(H,108,126)(H,120,121)(H,122,123)/t50-,57+,62-,63-,64-,65-,66-,67-,68-,69-,70-,71-,72-,73-,74-/m0/s1. The number of phenols is 1. The van der Waals surface area contributed by atoms with Crippen molar-refractivity contribution in [2.45, 2.75) is 240 Å². The van der Waals surface area contributed by atoms with E-state index in [1.807, 2.05) is 6.92 Å². The van der Waals surface area contributed by atoms with Gasteiger partial charge in [-0.05, 0) is 99.2 Å². The van der Waals surface area contributed by atoms with Crippen molar-refractivity contribution in [3.05, 3.63) is 120 Å². The zero-order chi connectivity index (χ0) is 101. The Morgan fingerprint density at radius 3 is 1.67 bits per heavy atom. The second kappa shape index (κ2) is 51.8. The van der Waals surface area contributed by atoms with Crippen molar-refractivity contribution < 1.29 is 117 Å². The molecule has 0 aliphatic carbocycles. The number of hydrogen-bond acceptors (Lipinski definition) is 24. The molecule has 748 valence electrons. The minimum Gasteiger partial charge on any atom is -0.508 e. The van der Waals surface area contributed by atoms with Crippen LogP contribution in [0.2, 0.25) is 0 Å². The van der Waals surface area contributed by atoms with Crippen molar-refractivity contribution >= 4 is 146 Å². The van der Waals surface area contributed by atoms with Gasteiger partial charge in [-0.3, -0.25) is 91.1 Å². The number of nitrogens with one attached hydrogen (secondary N) is 14. The molecule has 0 bridgehead atoms. The van der Waals surface area contributed by atoms with Gasteiger partial charge in [0.05, 0.1) is 43.5 Å². The van der Waals surface area contributed by atoms with Crippen LogP contribution < -0.4 is 64.2 Å². The number of nitrogens with two attached hydrogens (primary N) is 1. The number of aliphatic carboxylic acids is 2. The SMILES string of the molecule is CCCC[C@H]1C(=O)N(C)[C@@H](CCCC)C(=O)N[C@@H](CCC(=O)O)C(=O)N[C@H](C(=O)NCC(N)=O)CSCC(=O)N[C@@H](Cc2ccc(O)cc2)C(=O)N(C)[C@@H](C)C(=O)N[C@@H](CC(=O)O)C(=O)N2CCC[C@H]2C(=O)N[C@@H](Cc2c[nH]cn2)C(=O)N[C@@H](CCCCNC(C)=O)C(=O)N2C[C@H](O)C[C@H]2C(=O)N[C@@H](Cc2c[nH]c3ccccc23)C(=O)N[C@@H](CO)C(=O)N[C@@H](Cc2c[nH]c3ccccc23)C(=O)N1C. The van der Waals surface area contributed by atoms with Crippen molar-refractivity contribution in [1.29, 1.82) is 0 Å². The smallest absolute Gasteiger partial charge is 0.305 e. The highest BCUT2D eigenvalue weighted by atomic mass is 32.2. The molecule has 138 heavy (non-hydrogen) atoms. The average Bonchev–Trinajstić information content (AvgIpc) is 1.58. The second-order valence-electron chi connectivity index (χ2n) is 34.7. The Hall–Kier alpha value is -14.1. The summed E-state index contributed by atoms with van der Waals surface area (Å²) in [6.45, 7) is 3.56. The minimum atomic E-state index is -1.94. The topological polar surface area (TPSA) is 660 Å². The summed E-state index contributed by atoms with van der Waals surface area (Å²) in [6, 6.07) is -3.87. The van der Waals surface area contributed by atoms with E-state index in [0.29, 0.717) is 63.1 Å². The van der Waals surface area contributed by atoms with Crippen LogP contribution in [0.3, 0.4) is 0 Å². The van der Waals surface area contributed by atoms with Crippen LogP contribution in [-0.2, 0) is 117 Å². The maximum atomic E-state index is 15.7. The number of primary amides is 1. The maximum Gasteiger partial charge on any atom is 0.305 e. The zero-order valence-corrected chi connectivity index (χ0v) is 78.8. The third-order valence-electron chi connectivity index (χ3n) is 24.5. The highest BCUT2D eigenvalue weighted by Gasteiger charge is 2.47. The number of carbonyl (C=O) groups excluding carboxylic acids is 17. The van der Waals surface area contributed by atoms with Crippen LogP contribution in [-0.4, -0.2) is 338 Å². The molecule has 0 unspecified atom stereocenters. The molecule has 46 heteroatoms. The van der Waals surface area contributed by atoms with Crippen molar-refractivity contribution in [1.82, 2.24) is 103 Å². The largest absolute Gasteiger partial charge is 0.508 e. The monoisotopic (exact) mass is 1940 g/mol. The molecule has 9 rings (SSSR count). The number of likely N-dealkylation sites (N-methyl/N-ethyl adjacent to an activating group) is 3. The molecule has 15 atom stereocenters. The maximum absolute atomic E-state index is 15.7. The Bertz CT molecular complexity index is 5340. The highest BCUT2D eigenvalue weighted by molar-refractivity contribution is 8.00. The van der Waals surface area contributed by atoms with Crippen LogP contribution in [0, 0.1) is 0 Å². The molecule has 3 saturated heterocycles. The predicted octanol–water partition coefficient (Wildman–Crippen LogP) is -2.47. The van der Waals surface area contributed by atoms with Gasteiger partial charge in [-0.15, -0.1) is 11.8 Å². The lowest BCUT2D eigenvalue weighted by Gasteiger charge is -2.36. The predicted molar refractivity (Wildman–Crippen MR) is 499 cm³/mol. The Morgan fingerprint density at radius 1 is 0.529 bits per heavy atom. The number of nitrogens with zero attached hydrogens (tertiary/aromatic N) is 6. The van der Waals surface area contributed by atoms with E-state index in [1.54, 1.807) is 67.8 Å². The van der Waals surface area contributed by atoms with Crippen LogP contribution in [0.1, 0.15) is 146 Å². The quantitative estimate of drug-likeness (QED) is 0.0226. The summed E-state index contributed by atoms with van der Waals surface area (Å²) in [5.74, 6) is -21.0. The number of carboxylic acids is 2. The molecule has 0 spiro atoms. The first-order chi connectivity index (χ1) is 65.8. The summed E-state index contributed by atoms with van der Waals surface area (Å²) >= 11 is 0.690. The third-order valence-corrected chi connectivity index (χ3v) is 25.6. The molecule has 0 saturated carbocycles. The van der Waals surface area contributed by atoms with E-state index < -0.39 is 254 Å². The Labute approximate surface area is 799 Å². The van der Waals surface area contributed by atoms with Crippen LogP contribution in [0.4, 0.5) is 0 Å². The lowest BCUT2D eigenvalue weighted by atomic mass is 10.00. The molecule has 6 heterocycles. The number of thioether (sulfide) groups is 1. The number of unbranched alkanes of at least 4 members (excludes halogenated alkanes) is 3. The molecular formula is C92H125N21O24S. The van der Waals surface area contributed by atoms with E-state index in [9.17, 15) is 78.3 Å². The Kier molecular flexibility index (Phi) is 40.4. The summed E-state index contributed by atoms with van der Waals surface area (Å²) in [7, 11) is 3.74. The van der Waals surface area contributed by atoms with Gasteiger partial charge >= 0.3 is 11.9 Å². The molecule has 3 aromatic carbocycles. The van der Waals surface area contributed by atoms with Gasteiger partial charge in [0.1, 0.15) is 90.3 Å². The second-order valence-corrected chi connectivity index (χ2v) is 35.7. The van der Waals surface area contributed by atoms with E-state index >= 15 is 38.4 Å². The van der Waals surface area contributed by atoms with Crippen molar-refractivity contribution in [2.75, 3.05) is 65.4 Å². The van der Waals surface area contributed by atoms with Gasteiger partial charge < -0.3 is 129 Å². The zero-order valence-electron chi connectivity index (χ0n) is 77.9. The van der Waals surface area contributed by atoms with Gasteiger partial charge in [-0.1, -0.05) is 88.1 Å². The summed E-state index contributed by atoms with van der Waals surface area (Å²) in [4.78, 5) is 293. The van der Waals surface area contributed by atoms with Gasteiger partial charge in [0.25, 0.3) is 0 Å². The number of aliphatic hydroxyl groups excluding tert-OH is 2. The van der Waals surface area contributed by atoms with Crippen molar-refractivity contribution in [2.24, 2.45) is 5.73 Å². The summed E-state index contributed by atoms with van der Waals surface area (Å²) < 4.78 is 0. The number of carbonyl (C=O) groups is 19. The molecule has 17 amide bonds. The van der Waals surface area contributed by atoms with Gasteiger partial charge in [0.15, 0.2) is 0 Å². The number of para-hydroxylation sites is 2. The summed E-state index contributed by atoms with van der Waals surface area (Å²) in [5.41, 5.74) is 8.08. The number of amides is 17. The van der Waals surface area contributed by atoms with Gasteiger partial charge in [-0.2, -0.15) is 0 Å². The first-order valence-corrected chi connectivity index (χ1v) is 47.0. The fourth-order valence-electron chi connectivity index (χ4n) is 16.8. The van der Waals surface area contributed by atoms with E-state index in [2.05, 4.69) is 78.4 Å². The molecule has 0 radical (unpaired) electrons. The number of aromatic nitrogens is 4. The molecule has 3 aliphatic heterocycles. The minimum absolute atomic E-state index is 0.0592. The van der Waals surface area contributed by atoms with Crippen LogP contribution in [0.15, 0.2) is 97.7 Å². The first kappa shape index (κ1) is 108. The Morgan fingerprint density at radius 2 is 1.07 bits per heavy atom. The summed E-state index contributed by atoms with van der Waals surface area (Å²) in [6.07, 6.45) is 1.56.